The van der Waals surface area contributed by atoms with Crippen LogP contribution in [0.5, 0.6) is 17.2 Å². The van der Waals surface area contributed by atoms with Crippen LogP contribution in [0, 0.1) is 0 Å². The fourth-order valence-corrected chi connectivity index (χ4v) is 2.57. The molecule has 0 fully saturated rings. The molecule has 6 nitrogen and oxygen atoms in total. The van der Waals surface area contributed by atoms with E-state index in [1.807, 2.05) is 19.1 Å². The molecule has 0 aliphatic carbocycles. The SMILES string of the molecule is C=C(C)COc1c(C=C2N=C(c3ccc(OC)cc3)OC2=O)cccc1OC. The maximum Gasteiger partial charge on any atom is 0.363 e. The number of hydrogen-bond acceptors (Lipinski definition) is 6. The van der Waals surface area contributed by atoms with Gasteiger partial charge in [0.15, 0.2) is 17.2 Å². The number of para-hydroxylation sites is 1. The number of rotatable bonds is 7. The van der Waals surface area contributed by atoms with E-state index in [4.69, 9.17) is 18.9 Å². The smallest absolute Gasteiger partial charge is 0.363 e. The minimum Gasteiger partial charge on any atom is -0.497 e. The van der Waals surface area contributed by atoms with Gasteiger partial charge in [0.05, 0.1) is 14.2 Å². The van der Waals surface area contributed by atoms with Crippen LogP contribution in [0.25, 0.3) is 6.08 Å². The molecule has 2 aromatic rings. The third-order valence-corrected chi connectivity index (χ3v) is 3.94. The van der Waals surface area contributed by atoms with Crippen molar-refractivity contribution >= 4 is 17.9 Å². The van der Waals surface area contributed by atoms with Crippen molar-refractivity contribution in [3.8, 4) is 17.2 Å². The third-order valence-electron chi connectivity index (χ3n) is 3.94. The Morgan fingerprint density at radius 3 is 2.54 bits per heavy atom. The summed E-state index contributed by atoms with van der Waals surface area (Å²) >= 11 is 0. The van der Waals surface area contributed by atoms with Gasteiger partial charge in [-0.3, -0.25) is 0 Å². The summed E-state index contributed by atoms with van der Waals surface area (Å²) in [6, 6.07) is 12.5. The number of benzene rings is 2. The van der Waals surface area contributed by atoms with Crippen LogP contribution in [0.2, 0.25) is 0 Å². The van der Waals surface area contributed by atoms with E-state index in [0.717, 1.165) is 5.57 Å². The van der Waals surface area contributed by atoms with Crippen molar-refractivity contribution in [2.24, 2.45) is 4.99 Å². The highest BCUT2D eigenvalue weighted by Gasteiger charge is 2.25. The lowest BCUT2D eigenvalue weighted by molar-refractivity contribution is -0.129. The van der Waals surface area contributed by atoms with Gasteiger partial charge in [-0.25, -0.2) is 9.79 Å². The van der Waals surface area contributed by atoms with E-state index >= 15 is 0 Å². The summed E-state index contributed by atoms with van der Waals surface area (Å²) in [6.45, 7) is 6.04. The molecule has 2 aromatic carbocycles. The standard InChI is InChI=1S/C22H21NO5/c1-14(2)13-27-20-16(6-5-7-19(20)26-4)12-18-22(24)28-21(23-18)15-8-10-17(25-3)11-9-15/h5-12H,1,13H2,2-4H3. The highest BCUT2D eigenvalue weighted by atomic mass is 16.6. The number of ether oxygens (including phenoxy) is 4. The predicted molar refractivity (Wildman–Crippen MR) is 107 cm³/mol. The van der Waals surface area contributed by atoms with Gasteiger partial charge < -0.3 is 18.9 Å². The Morgan fingerprint density at radius 1 is 1.14 bits per heavy atom. The number of aliphatic imine (C=N–C) groups is 1. The van der Waals surface area contributed by atoms with Crippen molar-refractivity contribution in [1.82, 2.24) is 0 Å². The number of carbonyl (C=O) groups excluding carboxylic acids is 1. The topological polar surface area (TPSA) is 66.3 Å². The van der Waals surface area contributed by atoms with E-state index in [9.17, 15) is 4.79 Å². The Bertz CT molecular complexity index is 957. The van der Waals surface area contributed by atoms with Crippen molar-refractivity contribution < 1.29 is 23.7 Å². The van der Waals surface area contributed by atoms with Crippen molar-refractivity contribution in [3.63, 3.8) is 0 Å². The van der Waals surface area contributed by atoms with Crippen molar-refractivity contribution in [2.75, 3.05) is 20.8 Å². The van der Waals surface area contributed by atoms with Gasteiger partial charge in [0.1, 0.15) is 12.4 Å². The summed E-state index contributed by atoms with van der Waals surface area (Å²) in [4.78, 5) is 16.6. The monoisotopic (exact) mass is 379 g/mol. The van der Waals surface area contributed by atoms with E-state index in [1.54, 1.807) is 50.6 Å². The Balaban J connectivity index is 1.94. The molecule has 6 heteroatoms. The van der Waals surface area contributed by atoms with Crippen molar-refractivity contribution in [1.29, 1.82) is 0 Å². The molecular weight excluding hydrogens is 358 g/mol. The normalized spacial score (nSPS) is 14.5. The van der Waals surface area contributed by atoms with Gasteiger partial charge in [0.2, 0.25) is 5.90 Å². The fourth-order valence-electron chi connectivity index (χ4n) is 2.57. The molecule has 0 amide bonds. The lowest BCUT2D eigenvalue weighted by atomic mass is 10.1. The van der Waals surface area contributed by atoms with Gasteiger partial charge in [-0.2, -0.15) is 0 Å². The maximum atomic E-state index is 12.3. The second-order valence-corrected chi connectivity index (χ2v) is 6.19. The summed E-state index contributed by atoms with van der Waals surface area (Å²) < 4.78 is 21.6. The second kappa shape index (κ2) is 8.43. The lowest BCUT2D eigenvalue weighted by Crippen LogP contribution is -2.05. The minimum absolute atomic E-state index is 0.180. The van der Waals surface area contributed by atoms with Gasteiger partial charge in [-0.1, -0.05) is 18.7 Å². The van der Waals surface area contributed by atoms with Crippen molar-refractivity contribution in [2.45, 2.75) is 6.92 Å². The average molecular weight is 379 g/mol. The first-order chi connectivity index (χ1) is 13.5. The molecule has 1 heterocycles. The summed E-state index contributed by atoms with van der Waals surface area (Å²) in [5, 5.41) is 0. The lowest BCUT2D eigenvalue weighted by Gasteiger charge is -2.13. The maximum absolute atomic E-state index is 12.3. The predicted octanol–water partition coefficient (Wildman–Crippen LogP) is 4.00. The number of cyclic esters (lactones) is 1. The molecule has 0 bridgehead atoms. The van der Waals surface area contributed by atoms with E-state index in [2.05, 4.69) is 11.6 Å². The summed E-state index contributed by atoms with van der Waals surface area (Å²) in [5.74, 6) is 1.49. The third kappa shape index (κ3) is 4.23. The van der Waals surface area contributed by atoms with Gasteiger partial charge in [-0.05, 0) is 48.9 Å². The summed E-state index contributed by atoms with van der Waals surface area (Å²) in [6.07, 6.45) is 1.62. The van der Waals surface area contributed by atoms with Gasteiger partial charge in [-0.15, -0.1) is 0 Å². The Morgan fingerprint density at radius 2 is 1.89 bits per heavy atom. The molecule has 1 aliphatic heterocycles. The zero-order chi connectivity index (χ0) is 20.1. The van der Waals surface area contributed by atoms with Crippen LogP contribution in [0.1, 0.15) is 18.1 Å². The molecule has 1 aliphatic rings. The Kier molecular flexibility index (Phi) is 5.79. The first-order valence-electron chi connectivity index (χ1n) is 8.63. The molecule has 144 valence electrons. The zero-order valence-corrected chi connectivity index (χ0v) is 16.0. The van der Waals surface area contributed by atoms with E-state index in [1.165, 1.54) is 0 Å². The number of carbonyl (C=O) groups is 1. The molecule has 3 rings (SSSR count). The highest BCUT2D eigenvalue weighted by Crippen LogP contribution is 2.34. The van der Waals surface area contributed by atoms with E-state index in [-0.39, 0.29) is 11.6 Å². The van der Waals surface area contributed by atoms with Crippen LogP contribution in [-0.2, 0) is 9.53 Å². The van der Waals surface area contributed by atoms with Gasteiger partial charge >= 0.3 is 5.97 Å². The van der Waals surface area contributed by atoms with Crippen LogP contribution in [0.4, 0.5) is 0 Å². The molecule has 0 saturated carbocycles. The quantitative estimate of drug-likeness (QED) is 0.413. The van der Waals surface area contributed by atoms with Gasteiger partial charge in [0, 0.05) is 11.1 Å². The molecule has 0 atom stereocenters. The first-order valence-corrected chi connectivity index (χ1v) is 8.63. The first kappa shape index (κ1) is 19.2. The van der Waals surface area contributed by atoms with Crippen molar-refractivity contribution in [3.05, 3.63) is 71.4 Å². The average Bonchev–Trinajstić information content (AvgIpc) is 3.07. The highest BCUT2D eigenvalue weighted by molar-refractivity contribution is 6.13. The molecule has 28 heavy (non-hydrogen) atoms. The number of nitrogens with zero attached hydrogens (tertiary/aromatic N) is 1. The molecule has 0 saturated heterocycles. The number of esters is 1. The van der Waals surface area contributed by atoms with Crippen LogP contribution < -0.4 is 14.2 Å². The molecular formula is C22H21NO5. The molecule has 0 spiro atoms. The van der Waals surface area contributed by atoms with Crippen LogP contribution in [0.15, 0.2) is 65.3 Å². The van der Waals surface area contributed by atoms with E-state index in [0.29, 0.717) is 35.0 Å². The second-order valence-electron chi connectivity index (χ2n) is 6.19. The number of hydrogen-bond donors (Lipinski definition) is 0. The summed E-state index contributed by atoms with van der Waals surface area (Å²) in [5.41, 5.74) is 2.39. The van der Waals surface area contributed by atoms with E-state index < -0.39 is 5.97 Å². The van der Waals surface area contributed by atoms with Crippen LogP contribution in [0.3, 0.4) is 0 Å². The molecule has 0 aromatic heterocycles. The molecule has 0 N–H and O–H groups in total. The fraction of sp³-hybridized carbons (Fsp3) is 0.182. The zero-order valence-electron chi connectivity index (χ0n) is 16.0. The van der Waals surface area contributed by atoms with Crippen LogP contribution >= 0.6 is 0 Å². The Hall–Kier alpha value is -3.54. The minimum atomic E-state index is -0.528. The molecule has 0 radical (unpaired) electrons. The van der Waals surface area contributed by atoms with Crippen LogP contribution in [-0.4, -0.2) is 32.7 Å². The summed E-state index contributed by atoms with van der Waals surface area (Å²) in [7, 11) is 3.15. The molecule has 0 unspecified atom stereocenters. The number of methoxy groups -OCH3 is 2. The van der Waals surface area contributed by atoms with Gasteiger partial charge in [0.25, 0.3) is 0 Å². The Labute approximate surface area is 163 Å². The largest absolute Gasteiger partial charge is 0.497 e.